The fourth-order valence-corrected chi connectivity index (χ4v) is 6.20. The van der Waals surface area contributed by atoms with Gasteiger partial charge in [-0.15, -0.1) is 35.0 Å². The first-order valence-corrected chi connectivity index (χ1v) is 14.8. The number of hydrogen-bond acceptors (Lipinski definition) is 10. The molecule has 2 fully saturated rings. The quantitative estimate of drug-likeness (QED) is 0.0667. The van der Waals surface area contributed by atoms with Gasteiger partial charge in [0.25, 0.3) is 11.4 Å². The minimum atomic E-state index is -0.910. The Bertz CT molecular complexity index is 1310. The van der Waals surface area contributed by atoms with Crippen molar-refractivity contribution in [3.05, 3.63) is 79.9 Å². The molecule has 2 heterocycles. The number of nitro benzene ring substituents is 2. The lowest BCUT2D eigenvalue weighted by Crippen LogP contribution is -2.63. The maximum Gasteiger partial charge on any atom is 0.345 e. The summed E-state index contributed by atoms with van der Waals surface area (Å²) in [5.74, 6) is -1.93. The summed E-state index contributed by atoms with van der Waals surface area (Å²) in [5, 5.41) is 20.6. The molecule has 17 heteroatoms. The number of esters is 2. The second kappa shape index (κ2) is 14.5. The van der Waals surface area contributed by atoms with E-state index in [1.807, 2.05) is 13.8 Å². The first-order chi connectivity index (χ1) is 19.0. The average molecular weight is 758 g/mol. The van der Waals surface area contributed by atoms with Crippen molar-refractivity contribution in [1.82, 2.24) is 4.90 Å². The first kappa shape index (κ1) is 34.6. The number of fused-ring (bicyclic) bond motifs is 1. The van der Waals surface area contributed by atoms with Gasteiger partial charge in [0, 0.05) is 34.6 Å². The molecule has 2 aromatic carbocycles. The van der Waals surface area contributed by atoms with Crippen molar-refractivity contribution < 1.29 is 33.8 Å². The van der Waals surface area contributed by atoms with Crippen LogP contribution in [0.1, 0.15) is 41.5 Å². The van der Waals surface area contributed by atoms with Gasteiger partial charge in [-0.05, 0) is 61.0 Å². The zero-order valence-corrected chi connectivity index (χ0v) is 26.9. The number of carbonyl (C=O) groups excluding carboxylic acids is 4. The zero-order valence-electron chi connectivity index (χ0n) is 21.4. The summed E-state index contributed by atoms with van der Waals surface area (Å²) < 4.78 is 4.04. The molecule has 12 nitrogen and oxygen atoms in total. The molecule has 3 atom stereocenters. The molecule has 0 N–H and O–H groups in total. The predicted molar refractivity (Wildman–Crippen MR) is 160 cm³/mol. The van der Waals surface area contributed by atoms with E-state index in [0.29, 0.717) is 5.56 Å². The number of nitro groups is 2. The fraction of sp³-hybridized carbons (Fsp3) is 0.333. The van der Waals surface area contributed by atoms with Gasteiger partial charge in [0.15, 0.2) is 0 Å². The van der Waals surface area contributed by atoms with Crippen LogP contribution in [-0.2, 0) is 14.3 Å². The standard InChI is InChI=1S/C15H13BrN2O6S.C7H4BrNO3.C2H4Cl2/c1-15(2)10(17-11(19)9(16)12(17)25-15)14(21)24-13(20)7-3-5-8(6-4-7)18(22)23;8-7(10)5-1-3-6(4-2-5)9(11)12;1-2(3)4/h3-6,9-10,12H,1-2H3;1-4H;2H,1H3/t9-,10-,12+;;/m0../s1. The number of benzene rings is 2. The van der Waals surface area contributed by atoms with Crippen LogP contribution in [0.25, 0.3) is 0 Å². The smallest absolute Gasteiger partial charge is 0.345 e. The van der Waals surface area contributed by atoms with Crippen LogP contribution in [0.4, 0.5) is 11.4 Å². The average Bonchev–Trinajstić information content (AvgIpc) is 3.16. The van der Waals surface area contributed by atoms with Gasteiger partial charge >= 0.3 is 11.9 Å². The maximum atomic E-state index is 12.5. The normalized spacial score (nSPS) is 19.9. The van der Waals surface area contributed by atoms with Gasteiger partial charge in [0.2, 0.25) is 10.6 Å². The van der Waals surface area contributed by atoms with Gasteiger partial charge in [-0.1, -0.05) is 15.9 Å². The highest BCUT2D eigenvalue weighted by Crippen LogP contribution is 2.53. The molecular weight excluding hydrogens is 737 g/mol. The van der Waals surface area contributed by atoms with Crippen molar-refractivity contribution in [2.75, 3.05) is 0 Å². The summed E-state index contributed by atoms with van der Waals surface area (Å²) in [6.07, 6.45) is 0. The summed E-state index contributed by atoms with van der Waals surface area (Å²) in [6.45, 7) is 5.32. The Labute approximate surface area is 264 Å². The molecule has 0 bridgehead atoms. The number of ether oxygens (including phenoxy) is 1. The number of carbonyl (C=O) groups is 4. The largest absolute Gasteiger partial charge is 0.388 e. The van der Waals surface area contributed by atoms with E-state index in [4.69, 9.17) is 27.9 Å². The number of β-lactam (4-membered cyclic amide) rings is 1. The Balaban J connectivity index is 0.000000306. The Hall–Kier alpha value is -2.59. The molecule has 2 aliphatic heterocycles. The van der Waals surface area contributed by atoms with Crippen LogP contribution < -0.4 is 0 Å². The summed E-state index contributed by atoms with van der Waals surface area (Å²) in [7, 11) is 0. The molecule has 0 unspecified atom stereocenters. The van der Waals surface area contributed by atoms with Gasteiger partial charge < -0.3 is 9.64 Å². The third-order valence-corrected chi connectivity index (χ3v) is 8.68. The third-order valence-electron chi connectivity index (χ3n) is 5.41. The van der Waals surface area contributed by atoms with Crippen LogP contribution in [0.2, 0.25) is 0 Å². The van der Waals surface area contributed by atoms with Gasteiger partial charge in [-0.2, -0.15) is 0 Å². The van der Waals surface area contributed by atoms with Crippen molar-refractivity contribution in [3.8, 4) is 0 Å². The van der Waals surface area contributed by atoms with Gasteiger partial charge in [0.05, 0.1) is 15.4 Å². The summed E-state index contributed by atoms with van der Waals surface area (Å²) in [5.41, 5.74) is 0.231. The minimum Gasteiger partial charge on any atom is -0.388 e. The summed E-state index contributed by atoms with van der Waals surface area (Å²) in [6, 6.07) is 9.24. The lowest BCUT2D eigenvalue weighted by molar-refractivity contribution is -0.385. The molecule has 0 aliphatic carbocycles. The van der Waals surface area contributed by atoms with Gasteiger partial charge in [-0.3, -0.25) is 29.8 Å². The minimum absolute atomic E-state index is 0.0206. The fourth-order valence-electron chi connectivity index (χ4n) is 3.59. The van der Waals surface area contributed by atoms with E-state index in [0.717, 1.165) is 12.1 Å². The zero-order chi connectivity index (χ0) is 31.2. The molecule has 2 saturated heterocycles. The van der Waals surface area contributed by atoms with E-state index in [1.54, 1.807) is 6.92 Å². The van der Waals surface area contributed by atoms with Crippen molar-refractivity contribution in [1.29, 1.82) is 0 Å². The second-order valence-electron chi connectivity index (χ2n) is 8.77. The number of non-ortho nitro benzene ring substituents is 2. The van der Waals surface area contributed by atoms with Crippen molar-refractivity contribution in [3.63, 3.8) is 0 Å². The van der Waals surface area contributed by atoms with Crippen molar-refractivity contribution in [2.45, 2.75) is 46.6 Å². The number of rotatable bonds is 5. The Morgan fingerprint density at radius 3 is 1.78 bits per heavy atom. The highest BCUT2D eigenvalue weighted by molar-refractivity contribution is 9.18. The van der Waals surface area contributed by atoms with Crippen LogP contribution >= 0.6 is 66.8 Å². The van der Waals surface area contributed by atoms with Crippen molar-refractivity contribution in [2.24, 2.45) is 0 Å². The lowest BCUT2D eigenvalue weighted by atomic mass is 9.98. The van der Waals surface area contributed by atoms with Crippen LogP contribution in [0.15, 0.2) is 48.5 Å². The Morgan fingerprint density at radius 1 is 0.976 bits per heavy atom. The maximum absolute atomic E-state index is 12.5. The van der Waals surface area contributed by atoms with E-state index in [9.17, 15) is 39.4 Å². The van der Waals surface area contributed by atoms with Crippen molar-refractivity contribution >= 4 is 101 Å². The molecule has 0 radical (unpaired) electrons. The van der Waals surface area contributed by atoms with Gasteiger partial charge in [-0.25, -0.2) is 9.59 Å². The monoisotopic (exact) mass is 755 g/mol. The number of nitrogens with zero attached hydrogens (tertiary/aromatic N) is 3. The molecule has 2 aromatic rings. The van der Waals surface area contributed by atoms with Crippen LogP contribution in [0.3, 0.4) is 0 Å². The van der Waals surface area contributed by atoms with E-state index < -0.39 is 32.6 Å². The third kappa shape index (κ3) is 8.95. The molecule has 41 heavy (non-hydrogen) atoms. The molecule has 0 aromatic heterocycles. The highest BCUT2D eigenvalue weighted by atomic mass is 79.9. The topological polar surface area (TPSA) is 167 Å². The van der Waals surface area contributed by atoms with Crippen LogP contribution in [0.5, 0.6) is 0 Å². The van der Waals surface area contributed by atoms with E-state index in [2.05, 4.69) is 31.9 Å². The number of halogens is 4. The van der Waals surface area contributed by atoms with E-state index in [1.165, 1.54) is 53.1 Å². The molecule has 1 amide bonds. The SMILES string of the molecule is CC(Cl)Cl.CC1(C)S[C@@H]2[C@@H](Br)C(=O)N2[C@H]1C(=O)OC(=O)c1ccc([N+](=O)[O-])cc1.O=C(Br)c1ccc([N+](=O)[O-])cc1. The van der Waals surface area contributed by atoms with E-state index in [-0.39, 0.29) is 42.6 Å². The first-order valence-electron chi connectivity index (χ1n) is 11.3. The Morgan fingerprint density at radius 2 is 1.39 bits per heavy atom. The number of hydrogen-bond donors (Lipinski definition) is 0. The Kier molecular flexibility index (Phi) is 12.3. The molecule has 2 aliphatic rings. The van der Waals surface area contributed by atoms with Crippen LogP contribution in [-0.4, -0.2) is 63.1 Å². The molecular formula is C24H21Br2Cl2N3O9S. The van der Waals surface area contributed by atoms with Crippen LogP contribution in [0, 0.1) is 20.2 Å². The lowest BCUT2D eigenvalue weighted by Gasteiger charge is -2.41. The molecule has 0 spiro atoms. The highest BCUT2D eigenvalue weighted by Gasteiger charge is 2.63. The number of alkyl halides is 3. The second-order valence-corrected chi connectivity index (χ2v) is 13.8. The molecule has 4 rings (SSSR count). The molecule has 0 saturated carbocycles. The van der Waals surface area contributed by atoms with E-state index >= 15 is 0 Å². The predicted octanol–water partition coefficient (Wildman–Crippen LogP) is 6.04. The summed E-state index contributed by atoms with van der Waals surface area (Å²) in [4.78, 5) is 67.9. The number of amides is 1. The summed E-state index contributed by atoms with van der Waals surface area (Å²) >= 11 is 17.6. The number of thioether (sulfide) groups is 1. The van der Waals surface area contributed by atoms with Gasteiger partial charge in [0.1, 0.15) is 21.1 Å². The molecule has 220 valence electrons.